The van der Waals surface area contributed by atoms with Gasteiger partial charge in [-0.2, -0.15) is 4.98 Å². The summed E-state index contributed by atoms with van der Waals surface area (Å²) in [7, 11) is 0. The van der Waals surface area contributed by atoms with Crippen molar-refractivity contribution >= 4 is 5.91 Å². The third kappa shape index (κ3) is 3.08. The molecule has 1 aromatic carbocycles. The van der Waals surface area contributed by atoms with Crippen molar-refractivity contribution in [3.05, 3.63) is 70.4 Å². The average Bonchev–Trinajstić information content (AvgIpc) is 3.24. The maximum absolute atomic E-state index is 12.3. The van der Waals surface area contributed by atoms with Crippen LogP contribution in [0.15, 0.2) is 58.0 Å². The number of aromatic amines is 1. The molecule has 1 aliphatic heterocycles. The lowest BCUT2D eigenvalue weighted by Gasteiger charge is -2.15. The molecule has 0 bridgehead atoms. The lowest BCUT2D eigenvalue weighted by Crippen LogP contribution is -2.24. The van der Waals surface area contributed by atoms with Gasteiger partial charge in [0.2, 0.25) is 5.91 Å². The third-order valence-electron chi connectivity index (χ3n) is 4.29. The van der Waals surface area contributed by atoms with Crippen molar-refractivity contribution in [1.29, 1.82) is 0 Å². The molecule has 1 aliphatic rings. The van der Waals surface area contributed by atoms with Crippen LogP contribution in [0.5, 0.6) is 0 Å². The monoisotopic (exact) mass is 336 g/mol. The van der Waals surface area contributed by atoms with E-state index in [4.69, 9.17) is 4.52 Å². The molecule has 4 rings (SSSR count). The van der Waals surface area contributed by atoms with Crippen LogP contribution in [-0.4, -0.2) is 32.5 Å². The van der Waals surface area contributed by atoms with Crippen LogP contribution < -0.4 is 5.56 Å². The second-order valence-corrected chi connectivity index (χ2v) is 6.03. The molecule has 1 atom stereocenters. The van der Waals surface area contributed by atoms with Crippen molar-refractivity contribution in [2.75, 3.05) is 6.54 Å². The predicted molar refractivity (Wildman–Crippen MR) is 89.6 cm³/mol. The summed E-state index contributed by atoms with van der Waals surface area (Å²) in [5.41, 5.74) is 1.12. The van der Waals surface area contributed by atoms with E-state index < -0.39 is 0 Å². The molecule has 1 N–H and O–H groups in total. The zero-order valence-corrected chi connectivity index (χ0v) is 13.4. The highest BCUT2D eigenvalue weighted by Gasteiger charge is 2.33. The number of likely N-dealkylation sites (tertiary alicyclic amines) is 1. The Labute approximate surface area is 143 Å². The van der Waals surface area contributed by atoms with E-state index in [9.17, 15) is 9.59 Å². The summed E-state index contributed by atoms with van der Waals surface area (Å²) >= 11 is 0. The van der Waals surface area contributed by atoms with Crippen LogP contribution in [0.25, 0.3) is 11.5 Å². The molecule has 7 heteroatoms. The fraction of sp³-hybridized carbons (Fsp3) is 0.222. The first-order chi connectivity index (χ1) is 12.2. The van der Waals surface area contributed by atoms with Gasteiger partial charge >= 0.3 is 0 Å². The first kappa shape index (κ1) is 15.3. The summed E-state index contributed by atoms with van der Waals surface area (Å²) in [6.07, 6.45) is 1.89. The molecule has 126 valence electrons. The van der Waals surface area contributed by atoms with Crippen molar-refractivity contribution < 1.29 is 9.32 Å². The Morgan fingerprint density at radius 1 is 1.16 bits per heavy atom. The van der Waals surface area contributed by atoms with E-state index in [0.717, 1.165) is 5.56 Å². The standard InChI is InChI=1S/C18H16N4O3/c23-15-9-13(11-22(15)10-12-5-2-1-3-6-12)16-20-18(25-21-16)14-7-4-8-19-17(14)24/h1-8,13H,9-11H2,(H,19,24)/t13-/m1/s1. The molecule has 25 heavy (non-hydrogen) atoms. The van der Waals surface area contributed by atoms with Gasteiger partial charge in [0.05, 0.1) is 0 Å². The molecule has 2 aromatic heterocycles. The Morgan fingerprint density at radius 2 is 2.00 bits per heavy atom. The first-order valence-corrected chi connectivity index (χ1v) is 8.04. The summed E-state index contributed by atoms with van der Waals surface area (Å²) in [5, 5.41) is 3.97. The van der Waals surface area contributed by atoms with E-state index in [-0.39, 0.29) is 23.3 Å². The molecule has 7 nitrogen and oxygen atoms in total. The fourth-order valence-electron chi connectivity index (χ4n) is 3.00. The van der Waals surface area contributed by atoms with E-state index in [1.165, 1.54) is 0 Å². The largest absolute Gasteiger partial charge is 0.338 e. The SMILES string of the molecule is O=C1C[C@@H](c2noc(-c3ccc[nH]c3=O)n2)CN1Cc1ccccc1. The number of hydrogen-bond donors (Lipinski definition) is 1. The number of amides is 1. The molecule has 1 amide bonds. The maximum atomic E-state index is 12.3. The molecule has 1 saturated heterocycles. The molecule has 3 aromatic rings. The van der Waals surface area contributed by atoms with Crippen LogP contribution in [0.1, 0.15) is 23.7 Å². The van der Waals surface area contributed by atoms with Crippen molar-refractivity contribution in [3.63, 3.8) is 0 Å². The van der Waals surface area contributed by atoms with E-state index in [0.29, 0.717) is 30.9 Å². The van der Waals surface area contributed by atoms with Gasteiger partial charge in [-0.25, -0.2) is 0 Å². The second kappa shape index (κ2) is 6.35. The van der Waals surface area contributed by atoms with Crippen molar-refractivity contribution in [2.24, 2.45) is 0 Å². The minimum absolute atomic E-state index is 0.0674. The van der Waals surface area contributed by atoms with Gasteiger partial charge < -0.3 is 14.4 Å². The summed E-state index contributed by atoms with van der Waals surface area (Å²) in [6.45, 7) is 1.11. The summed E-state index contributed by atoms with van der Waals surface area (Å²) in [6, 6.07) is 13.2. The summed E-state index contributed by atoms with van der Waals surface area (Å²) in [4.78, 5) is 32.8. The van der Waals surface area contributed by atoms with E-state index in [1.54, 1.807) is 23.2 Å². The molecular weight excluding hydrogens is 320 g/mol. The zero-order valence-electron chi connectivity index (χ0n) is 13.4. The molecule has 0 saturated carbocycles. The topological polar surface area (TPSA) is 92.1 Å². The lowest BCUT2D eigenvalue weighted by molar-refractivity contribution is -0.128. The van der Waals surface area contributed by atoms with Gasteiger partial charge in [-0.3, -0.25) is 9.59 Å². The van der Waals surface area contributed by atoms with Gasteiger partial charge in [0.1, 0.15) is 5.56 Å². The fourth-order valence-corrected chi connectivity index (χ4v) is 3.00. The molecule has 1 fully saturated rings. The quantitative estimate of drug-likeness (QED) is 0.786. The normalized spacial score (nSPS) is 17.2. The molecule has 0 radical (unpaired) electrons. The van der Waals surface area contributed by atoms with E-state index in [2.05, 4.69) is 15.1 Å². The van der Waals surface area contributed by atoms with E-state index in [1.807, 2.05) is 30.3 Å². The Hall–Kier alpha value is -3.22. The number of aromatic nitrogens is 3. The number of benzene rings is 1. The molecular formula is C18H16N4O3. The first-order valence-electron chi connectivity index (χ1n) is 8.04. The molecule has 0 aliphatic carbocycles. The van der Waals surface area contributed by atoms with Crippen LogP contribution in [-0.2, 0) is 11.3 Å². The van der Waals surface area contributed by atoms with Gasteiger partial charge in [0.25, 0.3) is 11.4 Å². The lowest BCUT2D eigenvalue weighted by atomic mass is 10.1. The number of carbonyl (C=O) groups excluding carboxylic acids is 1. The van der Waals surface area contributed by atoms with Crippen molar-refractivity contribution in [1.82, 2.24) is 20.0 Å². The van der Waals surface area contributed by atoms with Crippen LogP contribution in [0.3, 0.4) is 0 Å². The molecule has 0 spiro atoms. The second-order valence-electron chi connectivity index (χ2n) is 6.03. The number of hydrogen-bond acceptors (Lipinski definition) is 5. The zero-order chi connectivity index (χ0) is 17.2. The number of nitrogens with one attached hydrogen (secondary N) is 1. The van der Waals surface area contributed by atoms with Gasteiger partial charge in [-0.05, 0) is 17.7 Å². The van der Waals surface area contributed by atoms with Gasteiger partial charge in [-0.15, -0.1) is 0 Å². The number of rotatable bonds is 4. The van der Waals surface area contributed by atoms with Crippen molar-refractivity contribution in [2.45, 2.75) is 18.9 Å². The Bertz CT molecular complexity index is 948. The van der Waals surface area contributed by atoms with Crippen LogP contribution >= 0.6 is 0 Å². The van der Waals surface area contributed by atoms with Crippen molar-refractivity contribution in [3.8, 4) is 11.5 Å². The molecule has 0 unspecified atom stereocenters. The summed E-state index contributed by atoms with van der Waals surface area (Å²) in [5.74, 6) is 0.572. The third-order valence-corrected chi connectivity index (χ3v) is 4.29. The molecule has 3 heterocycles. The minimum Gasteiger partial charge on any atom is -0.338 e. The number of pyridine rings is 1. The minimum atomic E-state index is -0.286. The Balaban J connectivity index is 1.51. The summed E-state index contributed by atoms with van der Waals surface area (Å²) < 4.78 is 5.22. The number of nitrogens with zero attached hydrogens (tertiary/aromatic N) is 3. The average molecular weight is 336 g/mol. The predicted octanol–water partition coefficient (Wildman–Crippen LogP) is 1.94. The Kier molecular flexibility index (Phi) is 3.89. The van der Waals surface area contributed by atoms with E-state index >= 15 is 0 Å². The smallest absolute Gasteiger partial charge is 0.263 e. The van der Waals surface area contributed by atoms with Gasteiger partial charge in [0, 0.05) is 31.6 Å². The van der Waals surface area contributed by atoms with Crippen LogP contribution in [0.2, 0.25) is 0 Å². The number of H-pyrrole nitrogens is 1. The number of carbonyl (C=O) groups is 1. The highest BCUT2D eigenvalue weighted by molar-refractivity contribution is 5.79. The maximum Gasteiger partial charge on any atom is 0.263 e. The highest BCUT2D eigenvalue weighted by atomic mass is 16.5. The highest BCUT2D eigenvalue weighted by Crippen LogP contribution is 2.28. The Morgan fingerprint density at radius 3 is 2.80 bits per heavy atom. The van der Waals surface area contributed by atoms with Gasteiger partial charge in [-0.1, -0.05) is 35.5 Å². The van der Waals surface area contributed by atoms with Gasteiger partial charge in [0.15, 0.2) is 5.82 Å². The van der Waals surface area contributed by atoms with Crippen LogP contribution in [0.4, 0.5) is 0 Å². The van der Waals surface area contributed by atoms with Crippen LogP contribution in [0, 0.1) is 0 Å².